The number of fused-ring (bicyclic) bond motifs is 5. The van der Waals surface area contributed by atoms with E-state index >= 15 is 0 Å². The topological polar surface area (TPSA) is 95.1 Å². The summed E-state index contributed by atoms with van der Waals surface area (Å²) in [5.74, 6) is -1.16. The fourth-order valence-electron chi connectivity index (χ4n) is 4.54. The van der Waals surface area contributed by atoms with E-state index in [1.807, 2.05) is 0 Å². The van der Waals surface area contributed by atoms with Crippen LogP contribution in [0.2, 0.25) is 5.02 Å². The number of hydrogen-bond acceptors (Lipinski definition) is 5. The molecule has 2 aliphatic heterocycles. The average Bonchev–Trinajstić information content (AvgIpc) is 3.04. The van der Waals surface area contributed by atoms with Crippen LogP contribution in [-0.4, -0.2) is 37.2 Å². The molecular formula is C18H17ClF3NO5. The minimum Gasteiger partial charge on any atom is -0.494 e. The van der Waals surface area contributed by atoms with Gasteiger partial charge in [0.2, 0.25) is 11.8 Å². The van der Waals surface area contributed by atoms with Crippen LogP contribution in [0.4, 0.5) is 13.2 Å². The molecule has 2 aromatic rings. The monoisotopic (exact) mass is 419 g/mol. The van der Waals surface area contributed by atoms with E-state index in [2.05, 4.69) is 0 Å². The number of aliphatic hydroxyl groups excluding tert-OH is 2. The average molecular weight is 420 g/mol. The molecule has 1 fully saturated rings. The molecule has 6 nitrogen and oxygen atoms in total. The Kier molecular flexibility index (Phi) is 3.70. The number of nitrogens with zero attached hydrogens (tertiary/aromatic N) is 1. The Bertz CT molecular complexity index is 976. The lowest BCUT2D eigenvalue weighted by Crippen LogP contribution is -2.44. The molecule has 4 N–H and O–H groups in total. The second kappa shape index (κ2) is 5.35. The highest BCUT2D eigenvalue weighted by atomic mass is 35.5. The molecule has 0 unspecified atom stereocenters. The third kappa shape index (κ3) is 2.05. The summed E-state index contributed by atoms with van der Waals surface area (Å²) < 4.78 is 46.8. The Morgan fingerprint density at radius 1 is 1.04 bits per heavy atom. The first-order valence-corrected chi connectivity index (χ1v) is 8.75. The molecular weight excluding hydrogens is 403 g/mol. The van der Waals surface area contributed by atoms with E-state index in [1.165, 1.54) is 26.8 Å². The number of aromatic hydroxyl groups is 2. The summed E-state index contributed by atoms with van der Waals surface area (Å²) in [6, 6.07) is 2.26. The van der Waals surface area contributed by atoms with E-state index in [1.54, 1.807) is 0 Å². The predicted octanol–water partition coefficient (Wildman–Crippen LogP) is 3.07. The zero-order valence-corrected chi connectivity index (χ0v) is 15.7. The van der Waals surface area contributed by atoms with Gasteiger partial charge >= 0.3 is 6.18 Å². The van der Waals surface area contributed by atoms with Crippen LogP contribution in [0, 0.1) is 6.92 Å². The third-order valence-electron chi connectivity index (χ3n) is 5.88. The Balaban J connectivity index is 2.03. The zero-order valence-electron chi connectivity index (χ0n) is 15.0. The van der Waals surface area contributed by atoms with Crippen LogP contribution in [0.25, 0.3) is 5.69 Å². The van der Waals surface area contributed by atoms with Crippen LogP contribution >= 0.6 is 11.6 Å². The lowest BCUT2D eigenvalue weighted by Gasteiger charge is -2.29. The van der Waals surface area contributed by atoms with Crippen molar-refractivity contribution in [2.75, 3.05) is 0 Å². The molecule has 4 rings (SSSR count). The molecule has 2 aliphatic rings. The molecule has 3 heterocycles. The summed E-state index contributed by atoms with van der Waals surface area (Å²) >= 11 is 5.73. The van der Waals surface area contributed by atoms with Crippen molar-refractivity contribution in [1.29, 1.82) is 0 Å². The number of halogens is 4. The van der Waals surface area contributed by atoms with E-state index in [9.17, 15) is 33.6 Å². The Hall–Kier alpha value is -1.94. The van der Waals surface area contributed by atoms with Crippen molar-refractivity contribution >= 4 is 11.6 Å². The molecule has 1 saturated heterocycles. The van der Waals surface area contributed by atoms with Gasteiger partial charge in [-0.2, -0.15) is 13.2 Å². The zero-order chi connectivity index (χ0) is 21.0. The largest absolute Gasteiger partial charge is 0.494 e. The maximum absolute atomic E-state index is 13.4. The highest BCUT2D eigenvalue weighted by Gasteiger charge is 2.69. The standard InChI is InChI=1S/C18H17ClF3NO5/c1-6-8(5-4-7(19)9(6)18(20,21)22)23-14(26)10-11(15(23)27)17(3)13(25)12(24)16(10,2)28-17/h4-5,12-13,24-27H,1-3H3/t12-,13-,16-,17+/m1/s1. The van der Waals surface area contributed by atoms with Crippen molar-refractivity contribution in [3.63, 3.8) is 0 Å². The number of benzene rings is 1. The van der Waals surface area contributed by atoms with Gasteiger partial charge in [0, 0.05) is 0 Å². The van der Waals surface area contributed by atoms with Crippen LogP contribution < -0.4 is 0 Å². The van der Waals surface area contributed by atoms with Gasteiger partial charge in [0.1, 0.15) is 23.4 Å². The van der Waals surface area contributed by atoms with Crippen molar-refractivity contribution in [3.8, 4) is 17.4 Å². The van der Waals surface area contributed by atoms with Crippen molar-refractivity contribution in [2.45, 2.75) is 50.4 Å². The van der Waals surface area contributed by atoms with Gasteiger partial charge in [0.05, 0.1) is 27.4 Å². The molecule has 10 heteroatoms. The highest BCUT2D eigenvalue weighted by Crippen LogP contribution is 2.64. The van der Waals surface area contributed by atoms with E-state index in [0.717, 1.165) is 10.6 Å². The number of ether oxygens (including phenoxy) is 1. The molecule has 152 valence electrons. The first-order chi connectivity index (χ1) is 12.8. The van der Waals surface area contributed by atoms with Crippen molar-refractivity contribution in [3.05, 3.63) is 39.4 Å². The van der Waals surface area contributed by atoms with Crippen LogP contribution in [0.3, 0.4) is 0 Å². The minimum absolute atomic E-state index is 0.0215. The Morgan fingerprint density at radius 3 is 1.93 bits per heavy atom. The molecule has 0 saturated carbocycles. The molecule has 0 aliphatic carbocycles. The lowest BCUT2D eigenvalue weighted by molar-refractivity contribution is -0.137. The summed E-state index contributed by atoms with van der Waals surface area (Å²) in [6.07, 6.45) is -7.54. The van der Waals surface area contributed by atoms with Gasteiger partial charge in [-0.05, 0) is 38.5 Å². The summed E-state index contributed by atoms with van der Waals surface area (Å²) in [5, 5.41) is 41.8. The Morgan fingerprint density at radius 2 is 1.50 bits per heavy atom. The van der Waals surface area contributed by atoms with Gasteiger partial charge < -0.3 is 25.2 Å². The van der Waals surface area contributed by atoms with E-state index in [0.29, 0.717) is 0 Å². The normalized spacial score (nSPS) is 31.5. The number of hydrogen-bond donors (Lipinski definition) is 4. The maximum Gasteiger partial charge on any atom is 0.418 e. The maximum atomic E-state index is 13.4. The van der Waals surface area contributed by atoms with Crippen molar-refractivity contribution in [2.24, 2.45) is 0 Å². The number of aromatic nitrogens is 1. The van der Waals surface area contributed by atoms with E-state index in [-0.39, 0.29) is 22.4 Å². The van der Waals surface area contributed by atoms with Gasteiger partial charge in [-0.15, -0.1) is 0 Å². The van der Waals surface area contributed by atoms with Gasteiger partial charge in [-0.1, -0.05) is 11.6 Å². The SMILES string of the molecule is Cc1c(-n2c(O)c3c(c2O)[C@@]2(C)O[C@]3(C)[C@H](O)[C@H]2O)ccc(Cl)c1C(F)(F)F. The third-order valence-corrected chi connectivity index (χ3v) is 6.19. The molecule has 1 aromatic carbocycles. The molecule has 28 heavy (non-hydrogen) atoms. The predicted molar refractivity (Wildman–Crippen MR) is 91.7 cm³/mol. The van der Waals surface area contributed by atoms with E-state index in [4.69, 9.17) is 16.3 Å². The highest BCUT2D eigenvalue weighted by molar-refractivity contribution is 6.31. The second-order valence-corrected chi connectivity index (χ2v) is 7.91. The molecule has 0 spiro atoms. The van der Waals surface area contributed by atoms with Gasteiger partial charge in [0.25, 0.3) is 0 Å². The van der Waals surface area contributed by atoms with Crippen molar-refractivity contribution < 1.29 is 38.3 Å². The first-order valence-electron chi connectivity index (χ1n) is 8.37. The Labute approximate surface area is 162 Å². The smallest absolute Gasteiger partial charge is 0.418 e. The molecule has 1 aromatic heterocycles. The fourth-order valence-corrected chi connectivity index (χ4v) is 4.85. The van der Waals surface area contributed by atoms with Crippen LogP contribution in [-0.2, 0) is 22.1 Å². The van der Waals surface area contributed by atoms with Crippen molar-refractivity contribution in [1.82, 2.24) is 4.57 Å². The summed E-state index contributed by atoms with van der Waals surface area (Å²) in [7, 11) is 0. The summed E-state index contributed by atoms with van der Waals surface area (Å²) in [6.45, 7) is 4.03. The number of alkyl halides is 3. The molecule has 0 radical (unpaired) electrons. The minimum atomic E-state index is -4.75. The summed E-state index contributed by atoms with van der Waals surface area (Å²) in [5.41, 5.74) is -4.56. The molecule has 2 bridgehead atoms. The second-order valence-electron chi connectivity index (χ2n) is 7.50. The quantitative estimate of drug-likeness (QED) is 0.570. The van der Waals surface area contributed by atoms with Crippen LogP contribution in [0.5, 0.6) is 11.8 Å². The van der Waals surface area contributed by atoms with E-state index < -0.39 is 51.9 Å². The molecule has 0 amide bonds. The lowest BCUT2D eigenvalue weighted by atomic mass is 9.76. The van der Waals surface area contributed by atoms with Gasteiger partial charge in [0.15, 0.2) is 0 Å². The molecule has 4 atom stereocenters. The van der Waals surface area contributed by atoms with Gasteiger partial charge in [-0.3, -0.25) is 4.57 Å². The van der Waals surface area contributed by atoms with Crippen LogP contribution in [0.15, 0.2) is 12.1 Å². The first kappa shape index (κ1) is 19.4. The number of rotatable bonds is 1. The summed E-state index contributed by atoms with van der Waals surface area (Å²) in [4.78, 5) is 0. The number of aliphatic hydroxyl groups is 2. The fraction of sp³-hybridized carbons (Fsp3) is 0.444. The van der Waals surface area contributed by atoms with Crippen LogP contribution in [0.1, 0.15) is 36.1 Å². The van der Waals surface area contributed by atoms with Gasteiger partial charge in [-0.25, -0.2) is 0 Å².